The molecule has 8 nitrogen and oxygen atoms in total. The first-order valence-electron chi connectivity index (χ1n) is 9.02. The van der Waals surface area contributed by atoms with Crippen LogP contribution in [0.25, 0.3) is 5.82 Å². The number of aromatic nitrogens is 2. The highest BCUT2D eigenvalue weighted by Crippen LogP contribution is 2.42. The van der Waals surface area contributed by atoms with Crippen LogP contribution < -0.4 is 5.32 Å². The lowest BCUT2D eigenvalue weighted by Crippen LogP contribution is -2.46. The van der Waals surface area contributed by atoms with Crippen molar-refractivity contribution in [3.63, 3.8) is 0 Å². The van der Waals surface area contributed by atoms with Crippen LogP contribution in [0, 0.1) is 26.7 Å². The van der Waals surface area contributed by atoms with Crippen molar-refractivity contribution < 1.29 is 18.9 Å². The van der Waals surface area contributed by atoms with E-state index < -0.39 is 11.6 Å². The average molecular weight is 370 g/mol. The molecule has 1 aliphatic heterocycles. The monoisotopic (exact) mass is 370 g/mol. The first-order valence-corrected chi connectivity index (χ1v) is 9.02. The smallest absolute Gasteiger partial charge is 0.325 e. The normalized spacial score (nSPS) is 22.4. The van der Waals surface area contributed by atoms with Gasteiger partial charge in [0.2, 0.25) is 0 Å². The zero-order valence-electron chi connectivity index (χ0n) is 15.8. The number of urea groups is 1. The standard InChI is InChI=1S/C19H22N4O4/c1-10-7-14(12(3)23(10)16-8-11(2)27-21-16)15(24)9-22-17(25)19(4,13-5-6-13)20-18(22)26/h7-8,13H,5-6,9H2,1-4H3,(H,20,26)/t19-/m0/s1. The summed E-state index contributed by atoms with van der Waals surface area (Å²) in [6, 6.07) is 3.04. The number of hydrogen-bond acceptors (Lipinski definition) is 5. The quantitative estimate of drug-likeness (QED) is 0.643. The highest BCUT2D eigenvalue weighted by Gasteiger charge is 2.56. The summed E-state index contributed by atoms with van der Waals surface area (Å²) in [6.07, 6.45) is 1.84. The van der Waals surface area contributed by atoms with E-state index >= 15 is 0 Å². The number of Topliss-reactive ketones (excluding diaryl/α,β-unsaturated/α-hetero) is 1. The lowest BCUT2D eigenvalue weighted by atomic mass is 9.96. The van der Waals surface area contributed by atoms with Crippen LogP contribution >= 0.6 is 0 Å². The van der Waals surface area contributed by atoms with E-state index in [0.717, 1.165) is 23.4 Å². The Morgan fingerprint density at radius 1 is 1.30 bits per heavy atom. The molecule has 27 heavy (non-hydrogen) atoms. The molecule has 142 valence electrons. The third kappa shape index (κ3) is 2.67. The Morgan fingerprint density at radius 3 is 2.59 bits per heavy atom. The minimum absolute atomic E-state index is 0.162. The zero-order valence-corrected chi connectivity index (χ0v) is 15.8. The number of imide groups is 1. The van der Waals surface area contributed by atoms with Crippen LogP contribution in [0.1, 0.15) is 47.3 Å². The molecule has 0 bridgehead atoms. The largest absolute Gasteiger partial charge is 0.360 e. The van der Waals surface area contributed by atoms with E-state index in [-0.39, 0.29) is 24.2 Å². The van der Waals surface area contributed by atoms with E-state index in [1.54, 1.807) is 26.0 Å². The van der Waals surface area contributed by atoms with E-state index in [1.807, 2.05) is 18.4 Å². The van der Waals surface area contributed by atoms with Crippen LogP contribution in [0.3, 0.4) is 0 Å². The summed E-state index contributed by atoms with van der Waals surface area (Å²) in [6.45, 7) is 6.95. The molecular weight excluding hydrogens is 348 g/mol. The van der Waals surface area contributed by atoms with Gasteiger partial charge in [-0.15, -0.1) is 0 Å². The molecule has 1 saturated carbocycles. The number of carbonyl (C=O) groups is 3. The summed E-state index contributed by atoms with van der Waals surface area (Å²) in [5, 5.41) is 6.77. The highest BCUT2D eigenvalue weighted by molar-refractivity contribution is 6.11. The Kier molecular flexibility index (Phi) is 3.76. The minimum Gasteiger partial charge on any atom is -0.360 e. The number of hydrogen-bond donors (Lipinski definition) is 1. The second kappa shape index (κ2) is 5.80. The van der Waals surface area contributed by atoms with Crippen molar-refractivity contribution in [2.75, 3.05) is 6.54 Å². The molecule has 2 aliphatic rings. The second-order valence-electron chi connectivity index (χ2n) is 7.64. The van der Waals surface area contributed by atoms with Gasteiger partial charge in [-0.05, 0) is 52.5 Å². The SMILES string of the molecule is Cc1cc(-n2c(C)cc(C(=O)CN3C(=O)N[C@@](C)(C4CC4)C3=O)c2C)no1. The summed E-state index contributed by atoms with van der Waals surface area (Å²) < 4.78 is 6.95. The molecule has 0 radical (unpaired) electrons. The fourth-order valence-electron chi connectivity index (χ4n) is 3.88. The maximum atomic E-state index is 12.9. The highest BCUT2D eigenvalue weighted by atomic mass is 16.5. The number of carbonyl (C=O) groups excluding carboxylic acids is 3. The van der Waals surface area contributed by atoms with Crippen molar-refractivity contribution in [1.29, 1.82) is 0 Å². The molecule has 3 heterocycles. The molecule has 0 unspecified atom stereocenters. The summed E-state index contributed by atoms with van der Waals surface area (Å²) in [5.74, 6) is 0.832. The number of aryl methyl sites for hydroxylation is 2. The van der Waals surface area contributed by atoms with Gasteiger partial charge in [-0.2, -0.15) is 0 Å². The number of amides is 3. The van der Waals surface area contributed by atoms with Gasteiger partial charge >= 0.3 is 6.03 Å². The van der Waals surface area contributed by atoms with Crippen molar-refractivity contribution in [1.82, 2.24) is 19.9 Å². The van der Waals surface area contributed by atoms with Gasteiger partial charge in [0.15, 0.2) is 11.6 Å². The molecule has 2 aromatic heterocycles. The van der Waals surface area contributed by atoms with Crippen molar-refractivity contribution in [3.05, 3.63) is 34.8 Å². The van der Waals surface area contributed by atoms with Crippen LogP contribution in [0.5, 0.6) is 0 Å². The van der Waals surface area contributed by atoms with Gasteiger partial charge < -0.3 is 9.84 Å². The molecule has 1 atom stereocenters. The zero-order chi connectivity index (χ0) is 19.5. The third-order valence-corrected chi connectivity index (χ3v) is 5.57. The van der Waals surface area contributed by atoms with Crippen LogP contribution in [-0.2, 0) is 4.79 Å². The summed E-state index contributed by atoms with van der Waals surface area (Å²) >= 11 is 0. The number of rotatable bonds is 5. The summed E-state index contributed by atoms with van der Waals surface area (Å²) in [5.41, 5.74) is 1.10. The van der Waals surface area contributed by atoms with Crippen LogP contribution in [0.2, 0.25) is 0 Å². The van der Waals surface area contributed by atoms with Crippen molar-refractivity contribution in [3.8, 4) is 5.82 Å². The predicted molar refractivity (Wildman–Crippen MR) is 95.7 cm³/mol. The van der Waals surface area contributed by atoms with Gasteiger partial charge in [-0.3, -0.25) is 19.1 Å². The number of ketones is 1. The van der Waals surface area contributed by atoms with E-state index in [1.165, 1.54) is 0 Å². The van der Waals surface area contributed by atoms with Gasteiger partial charge in [0.1, 0.15) is 11.3 Å². The number of nitrogens with one attached hydrogen (secondary N) is 1. The molecule has 3 amide bonds. The summed E-state index contributed by atoms with van der Waals surface area (Å²) in [4.78, 5) is 38.9. The maximum Gasteiger partial charge on any atom is 0.325 e. The lowest BCUT2D eigenvalue weighted by molar-refractivity contribution is -0.131. The molecule has 1 aliphatic carbocycles. The Labute approximate surface area is 156 Å². The van der Waals surface area contributed by atoms with Crippen LogP contribution in [0.15, 0.2) is 16.7 Å². The van der Waals surface area contributed by atoms with E-state index in [9.17, 15) is 14.4 Å². The minimum atomic E-state index is -0.882. The third-order valence-electron chi connectivity index (χ3n) is 5.57. The molecule has 1 N–H and O–H groups in total. The Hall–Kier alpha value is -2.90. The molecule has 2 fully saturated rings. The average Bonchev–Trinajstić information content (AvgIpc) is 3.27. The van der Waals surface area contributed by atoms with E-state index in [4.69, 9.17) is 4.52 Å². The molecule has 2 aromatic rings. The summed E-state index contributed by atoms with van der Waals surface area (Å²) in [7, 11) is 0. The molecule has 0 spiro atoms. The first kappa shape index (κ1) is 17.5. The maximum absolute atomic E-state index is 12.9. The molecule has 4 rings (SSSR count). The molecule has 8 heteroatoms. The van der Waals surface area contributed by atoms with E-state index in [2.05, 4.69) is 10.5 Å². The fourth-order valence-corrected chi connectivity index (χ4v) is 3.88. The number of nitrogens with zero attached hydrogens (tertiary/aromatic N) is 3. The fraction of sp³-hybridized carbons (Fsp3) is 0.474. The van der Waals surface area contributed by atoms with Gasteiger partial charge in [0.25, 0.3) is 5.91 Å². The van der Waals surface area contributed by atoms with E-state index in [0.29, 0.717) is 22.8 Å². The van der Waals surface area contributed by atoms with Crippen LogP contribution in [-0.4, -0.2) is 44.4 Å². The topological polar surface area (TPSA) is 97.4 Å². The molecular formula is C19H22N4O4. The Morgan fingerprint density at radius 2 is 2.00 bits per heavy atom. The van der Waals surface area contributed by atoms with Gasteiger partial charge in [0, 0.05) is 23.0 Å². The van der Waals surface area contributed by atoms with Crippen molar-refractivity contribution >= 4 is 17.7 Å². The predicted octanol–water partition coefficient (Wildman–Crippen LogP) is 2.29. The Balaban J connectivity index is 1.59. The van der Waals surface area contributed by atoms with Gasteiger partial charge in [0.05, 0.1) is 6.54 Å². The lowest BCUT2D eigenvalue weighted by Gasteiger charge is -2.20. The van der Waals surface area contributed by atoms with Gasteiger partial charge in [-0.25, -0.2) is 4.79 Å². The van der Waals surface area contributed by atoms with Crippen molar-refractivity contribution in [2.24, 2.45) is 5.92 Å². The van der Waals surface area contributed by atoms with Crippen LogP contribution in [0.4, 0.5) is 4.79 Å². The van der Waals surface area contributed by atoms with Crippen molar-refractivity contribution in [2.45, 2.75) is 46.1 Å². The van der Waals surface area contributed by atoms with Gasteiger partial charge in [-0.1, -0.05) is 5.16 Å². The molecule has 0 aromatic carbocycles. The first-order chi connectivity index (χ1) is 12.7. The molecule has 1 saturated heterocycles. The Bertz CT molecular complexity index is 969. The second-order valence-corrected chi connectivity index (χ2v) is 7.64.